The number of anilines is 1. The van der Waals surface area contributed by atoms with Gasteiger partial charge in [-0.1, -0.05) is 80.1 Å². The summed E-state index contributed by atoms with van der Waals surface area (Å²) in [5, 5.41) is 0. The van der Waals surface area contributed by atoms with E-state index < -0.39 is 0 Å². The minimum atomic E-state index is 0.499. The normalized spacial score (nSPS) is 22.5. The largest absolute Gasteiger partial charge is 0.399 e. The monoisotopic (exact) mass is 379 g/mol. The summed E-state index contributed by atoms with van der Waals surface area (Å²) >= 11 is 0. The van der Waals surface area contributed by atoms with Crippen molar-refractivity contribution in [3.63, 3.8) is 0 Å². The van der Waals surface area contributed by atoms with Crippen LogP contribution in [-0.2, 0) is 0 Å². The van der Waals surface area contributed by atoms with E-state index in [1.807, 2.05) is 12.1 Å². The van der Waals surface area contributed by atoms with Gasteiger partial charge in [0.2, 0.25) is 0 Å². The van der Waals surface area contributed by atoms with E-state index in [1.54, 1.807) is 16.7 Å². The third-order valence-corrected chi connectivity index (χ3v) is 7.09. The number of allylic oxidation sites excluding steroid dienone is 2. The fourth-order valence-electron chi connectivity index (χ4n) is 5.61. The molecule has 3 aromatic rings. The summed E-state index contributed by atoms with van der Waals surface area (Å²) in [5.74, 6) is 2.40. The van der Waals surface area contributed by atoms with Crippen LogP contribution >= 0.6 is 0 Å². The lowest BCUT2D eigenvalue weighted by molar-refractivity contribution is 0.281. The van der Waals surface area contributed by atoms with Crippen LogP contribution in [0.4, 0.5) is 5.69 Å². The van der Waals surface area contributed by atoms with E-state index in [1.165, 1.54) is 28.7 Å². The fraction of sp³-hybridized carbons (Fsp3) is 0.286. The standard InChI is InChI=1S/C28H29N/c1-17(2)24-16-25-18(3)15-26(24)28-22(19-7-5-4-6-8-19)13-14-23(27(25)28)20-9-11-21(29)12-10-20/h4-15,17,24-26H,16,29H2,1-3H3. The molecule has 3 aliphatic carbocycles. The van der Waals surface area contributed by atoms with Crippen molar-refractivity contribution in [1.29, 1.82) is 0 Å². The summed E-state index contributed by atoms with van der Waals surface area (Å²) < 4.78 is 0. The first-order chi connectivity index (χ1) is 14.0. The summed E-state index contributed by atoms with van der Waals surface area (Å²) in [5.41, 5.74) is 16.8. The maximum atomic E-state index is 5.97. The van der Waals surface area contributed by atoms with Gasteiger partial charge in [0.15, 0.2) is 0 Å². The minimum absolute atomic E-state index is 0.499. The van der Waals surface area contributed by atoms with E-state index in [2.05, 4.69) is 81.4 Å². The number of fused-ring (bicyclic) bond motifs is 1. The molecule has 29 heavy (non-hydrogen) atoms. The molecule has 0 fully saturated rings. The lowest BCUT2D eigenvalue weighted by Gasteiger charge is -2.46. The van der Waals surface area contributed by atoms with E-state index in [0.717, 1.165) is 5.69 Å². The van der Waals surface area contributed by atoms with Crippen molar-refractivity contribution in [3.8, 4) is 22.3 Å². The summed E-state index contributed by atoms with van der Waals surface area (Å²) in [4.78, 5) is 0. The van der Waals surface area contributed by atoms with Gasteiger partial charge in [-0.05, 0) is 70.7 Å². The molecule has 0 amide bonds. The smallest absolute Gasteiger partial charge is 0.0314 e. The van der Waals surface area contributed by atoms with E-state index in [0.29, 0.717) is 23.7 Å². The van der Waals surface area contributed by atoms with Crippen molar-refractivity contribution >= 4 is 5.69 Å². The number of benzene rings is 3. The van der Waals surface area contributed by atoms with E-state index in [9.17, 15) is 0 Å². The van der Waals surface area contributed by atoms with Gasteiger partial charge < -0.3 is 5.73 Å². The SMILES string of the molecule is CC1=CC2c3c(-c4ccccc4)ccc(-c4ccc(N)cc4)c3C1CC2C(C)C. The van der Waals surface area contributed by atoms with Crippen LogP contribution in [0.5, 0.6) is 0 Å². The maximum Gasteiger partial charge on any atom is 0.0314 e. The van der Waals surface area contributed by atoms with Gasteiger partial charge in [0.05, 0.1) is 0 Å². The Bertz CT molecular complexity index is 1070. The summed E-state index contributed by atoms with van der Waals surface area (Å²) in [6.45, 7) is 7.11. The average molecular weight is 380 g/mol. The second kappa shape index (κ2) is 6.91. The second-order valence-corrected chi connectivity index (χ2v) is 9.11. The quantitative estimate of drug-likeness (QED) is 0.372. The highest BCUT2D eigenvalue weighted by molar-refractivity contribution is 5.81. The molecule has 3 atom stereocenters. The van der Waals surface area contributed by atoms with Crippen LogP contribution in [0.15, 0.2) is 78.4 Å². The van der Waals surface area contributed by atoms with E-state index in [4.69, 9.17) is 5.73 Å². The van der Waals surface area contributed by atoms with Crippen LogP contribution in [0.3, 0.4) is 0 Å². The first-order valence-electron chi connectivity index (χ1n) is 10.8. The number of rotatable bonds is 3. The van der Waals surface area contributed by atoms with Crippen molar-refractivity contribution in [2.75, 3.05) is 5.73 Å². The van der Waals surface area contributed by atoms with Crippen LogP contribution in [0.2, 0.25) is 0 Å². The van der Waals surface area contributed by atoms with Gasteiger partial charge in [-0.2, -0.15) is 0 Å². The molecular weight excluding hydrogens is 350 g/mol. The first kappa shape index (κ1) is 18.2. The second-order valence-electron chi connectivity index (χ2n) is 9.11. The summed E-state index contributed by atoms with van der Waals surface area (Å²) in [6, 6.07) is 24.0. The van der Waals surface area contributed by atoms with Crippen molar-refractivity contribution in [3.05, 3.63) is 89.5 Å². The van der Waals surface area contributed by atoms with Gasteiger partial charge in [-0.3, -0.25) is 0 Å². The molecular formula is C28H29N. The molecule has 0 saturated heterocycles. The zero-order chi connectivity index (χ0) is 20.1. The Labute approximate surface area is 174 Å². The third-order valence-electron chi connectivity index (χ3n) is 7.09. The Morgan fingerprint density at radius 3 is 2.07 bits per heavy atom. The number of nitrogens with two attached hydrogens (primary N) is 1. The molecule has 3 aromatic carbocycles. The molecule has 6 rings (SSSR count). The highest BCUT2D eigenvalue weighted by Gasteiger charge is 2.42. The van der Waals surface area contributed by atoms with Gasteiger partial charge >= 0.3 is 0 Å². The molecule has 0 saturated carbocycles. The minimum Gasteiger partial charge on any atom is -0.399 e. The highest BCUT2D eigenvalue weighted by Crippen LogP contribution is 2.58. The Balaban J connectivity index is 1.79. The first-order valence-corrected chi connectivity index (χ1v) is 10.8. The molecule has 0 radical (unpaired) electrons. The average Bonchev–Trinajstić information content (AvgIpc) is 2.74. The predicted octanol–water partition coefficient (Wildman–Crippen LogP) is 7.41. The Kier molecular flexibility index (Phi) is 4.35. The van der Waals surface area contributed by atoms with Crippen LogP contribution < -0.4 is 5.73 Å². The maximum absolute atomic E-state index is 5.97. The van der Waals surface area contributed by atoms with Gasteiger partial charge in [0.25, 0.3) is 0 Å². The zero-order valence-electron chi connectivity index (χ0n) is 17.5. The molecule has 0 aliphatic heterocycles. The Morgan fingerprint density at radius 2 is 1.41 bits per heavy atom. The van der Waals surface area contributed by atoms with Gasteiger partial charge in [-0.25, -0.2) is 0 Å². The molecule has 0 heterocycles. The topological polar surface area (TPSA) is 26.0 Å². The van der Waals surface area contributed by atoms with Crippen LogP contribution in [0.25, 0.3) is 22.3 Å². The summed E-state index contributed by atoms with van der Waals surface area (Å²) in [6.07, 6.45) is 3.83. The molecule has 0 spiro atoms. The van der Waals surface area contributed by atoms with Gasteiger partial charge in [0.1, 0.15) is 0 Å². The number of hydrogen-bond donors (Lipinski definition) is 1. The predicted molar refractivity (Wildman–Crippen MR) is 124 cm³/mol. The molecule has 1 heteroatoms. The van der Waals surface area contributed by atoms with E-state index >= 15 is 0 Å². The lowest BCUT2D eigenvalue weighted by Crippen LogP contribution is -2.32. The third kappa shape index (κ3) is 2.92. The van der Waals surface area contributed by atoms with Crippen molar-refractivity contribution < 1.29 is 0 Å². The Morgan fingerprint density at radius 1 is 0.793 bits per heavy atom. The van der Waals surface area contributed by atoms with Crippen molar-refractivity contribution in [2.24, 2.45) is 11.8 Å². The molecule has 3 unspecified atom stereocenters. The molecule has 2 bridgehead atoms. The zero-order valence-corrected chi connectivity index (χ0v) is 17.5. The van der Waals surface area contributed by atoms with Crippen LogP contribution in [0, 0.1) is 11.8 Å². The molecule has 146 valence electrons. The van der Waals surface area contributed by atoms with Crippen LogP contribution in [-0.4, -0.2) is 0 Å². The van der Waals surface area contributed by atoms with Crippen molar-refractivity contribution in [2.45, 2.75) is 39.0 Å². The van der Waals surface area contributed by atoms with Crippen LogP contribution in [0.1, 0.15) is 50.2 Å². The molecule has 0 aromatic heterocycles. The lowest BCUT2D eigenvalue weighted by atomic mass is 9.58. The fourth-order valence-corrected chi connectivity index (χ4v) is 5.61. The molecule has 3 aliphatic rings. The molecule has 2 N–H and O–H groups in total. The van der Waals surface area contributed by atoms with Gasteiger partial charge in [0, 0.05) is 17.5 Å². The van der Waals surface area contributed by atoms with E-state index in [-0.39, 0.29) is 0 Å². The van der Waals surface area contributed by atoms with Gasteiger partial charge in [-0.15, -0.1) is 0 Å². The highest BCUT2D eigenvalue weighted by atomic mass is 14.5. The van der Waals surface area contributed by atoms with Crippen molar-refractivity contribution in [1.82, 2.24) is 0 Å². The summed E-state index contributed by atoms with van der Waals surface area (Å²) in [7, 11) is 0. The Hall–Kier alpha value is -2.80. The number of nitrogen functional groups attached to an aromatic ring is 1. The molecule has 1 nitrogen and oxygen atoms in total. The number of hydrogen-bond acceptors (Lipinski definition) is 1.